The fourth-order valence-corrected chi connectivity index (χ4v) is 4.81. The second-order valence-electron chi connectivity index (χ2n) is 7.44. The summed E-state index contributed by atoms with van der Waals surface area (Å²) in [5.74, 6) is 2.18. The van der Waals surface area contributed by atoms with E-state index in [1.54, 1.807) is 37.3 Å². The number of aromatic nitrogens is 1. The van der Waals surface area contributed by atoms with E-state index in [1.807, 2.05) is 36.4 Å². The highest BCUT2D eigenvalue weighted by Gasteiger charge is 2.26. The molecule has 35 heavy (non-hydrogen) atoms. The van der Waals surface area contributed by atoms with E-state index in [4.69, 9.17) is 28.7 Å². The molecule has 1 amide bonds. The standard InChI is InChI=1S/C26H26N2O6S/c1-30-18-11-12-19(31-2)24-22(18)27-26(35-24)28(15-16-9-7-6-8-10-16)25(29)17-13-20(32-3)23(34-5)21(14-17)33-4/h6-14H,15H2,1-5H3. The van der Waals surface area contributed by atoms with Crippen LogP contribution in [0, 0.1) is 0 Å². The van der Waals surface area contributed by atoms with E-state index in [-0.39, 0.29) is 5.91 Å². The summed E-state index contributed by atoms with van der Waals surface area (Å²) < 4.78 is 28.2. The van der Waals surface area contributed by atoms with Crippen LogP contribution in [0.2, 0.25) is 0 Å². The van der Waals surface area contributed by atoms with Crippen LogP contribution in [0.1, 0.15) is 15.9 Å². The van der Waals surface area contributed by atoms with Gasteiger partial charge in [-0.1, -0.05) is 41.7 Å². The smallest absolute Gasteiger partial charge is 0.260 e. The quantitative estimate of drug-likeness (QED) is 0.317. The van der Waals surface area contributed by atoms with Gasteiger partial charge in [-0.3, -0.25) is 9.69 Å². The number of methoxy groups -OCH3 is 5. The maximum absolute atomic E-state index is 13.9. The number of nitrogens with zero attached hydrogens (tertiary/aromatic N) is 2. The summed E-state index contributed by atoms with van der Waals surface area (Å²) in [6.45, 7) is 0.306. The number of rotatable bonds is 9. The van der Waals surface area contributed by atoms with Gasteiger partial charge in [0.2, 0.25) is 5.75 Å². The molecule has 0 aliphatic rings. The third-order valence-corrected chi connectivity index (χ3v) is 6.56. The van der Waals surface area contributed by atoms with Crippen molar-refractivity contribution in [3.8, 4) is 28.7 Å². The SMILES string of the molecule is COc1cc(C(=O)N(Cc2ccccc2)c2nc3c(OC)ccc(OC)c3s2)cc(OC)c1OC. The van der Waals surface area contributed by atoms with Crippen LogP contribution < -0.4 is 28.6 Å². The van der Waals surface area contributed by atoms with E-state index in [0.717, 1.165) is 10.3 Å². The molecule has 0 aliphatic heterocycles. The number of hydrogen-bond acceptors (Lipinski definition) is 8. The minimum absolute atomic E-state index is 0.273. The number of thiazole rings is 1. The molecule has 0 bridgehead atoms. The highest BCUT2D eigenvalue weighted by molar-refractivity contribution is 7.22. The number of hydrogen-bond donors (Lipinski definition) is 0. The Labute approximate surface area is 207 Å². The molecule has 1 heterocycles. The van der Waals surface area contributed by atoms with Gasteiger partial charge < -0.3 is 23.7 Å². The minimum atomic E-state index is -0.273. The Hall–Kier alpha value is -3.98. The van der Waals surface area contributed by atoms with Gasteiger partial charge in [0.1, 0.15) is 21.7 Å². The lowest BCUT2D eigenvalue weighted by Gasteiger charge is -2.21. The van der Waals surface area contributed by atoms with Gasteiger partial charge in [-0.25, -0.2) is 4.98 Å². The molecule has 0 atom stereocenters. The lowest BCUT2D eigenvalue weighted by Crippen LogP contribution is -2.30. The maximum atomic E-state index is 13.9. The van der Waals surface area contributed by atoms with Crippen LogP contribution in [-0.2, 0) is 6.54 Å². The first-order chi connectivity index (χ1) is 17.0. The van der Waals surface area contributed by atoms with Gasteiger partial charge in [0.15, 0.2) is 16.6 Å². The lowest BCUT2D eigenvalue weighted by molar-refractivity contribution is 0.0984. The van der Waals surface area contributed by atoms with E-state index < -0.39 is 0 Å². The molecule has 0 spiro atoms. The molecule has 182 valence electrons. The second kappa shape index (κ2) is 10.5. The number of amides is 1. The molecule has 4 aromatic rings. The first-order valence-electron chi connectivity index (χ1n) is 10.7. The van der Waals surface area contributed by atoms with Crippen LogP contribution >= 0.6 is 11.3 Å². The van der Waals surface area contributed by atoms with Crippen molar-refractivity contribution in [2.45, 2.75) is 6.54 Å². The molecular weight excluding hydrogens is 468 g/mol. The molecule has 9 heteroatoms. The number of carbonyl (C=O) groups excluding carboxylic acids is 1. The average Bonchev–Trinajstić information content (AvgIpc) is 3.35. The van der Waals surface area contributed by atoms with Gasteiger partial charge in [-0.2, -0.15) is 0 Å². The van der Waals surface area contributed by atoms with Gasteiger partial charge >= 0.3 is 0 Å². The zero-order valence-corrected chi connectivity index (χ0v) is 21.0. The van der Waals surface area contributed by atoms with Crippen molar-refractivity contribution >= 4 is 32.6 Å². The summed E-state index contributed by atoms with van der Waals surface area (Å²) in [5, 5.41) is 0.505. The van der Waals surface area contributed by atoms with E-state index in [9.17, 15) is 4.79 Å². The zero-order valence-electron chi connectivity index (χ0n) is 20.2. The Morgan fingerprint density at radius 1 is 0.800 bits per heavy atom. The van der Waals surface area contributed by atoms with Crippen molar-refractivity contribution in [3.05, 3.63) is 65.7 Å². The Kier molecular flexibility index (Phi) is 7.26. The first kappa shape index (κ1) is 24.2. The molecule has 0 unspecified atom stereocenters. The summed E-state index contributed by atoms with van der Waals surface area (Å²) in [6.07, 6.45) is 0. The van der Waals surface area contributed by atoms with Crippen molar-refractivity contribution in [1.29, 1.82) is 0 Å². The van der Waals surface area contributed by atoms with E-state index >= 15 is 0 Å². The maximum Gasteiger partial charge on any atom is 0.260 e. The summed E-state index contributed by atoms with van der Waals surface area (Å²) in [6, 6.07) is 16.6. The molecule has 0 fully saturated rings. The molecule has 3 aromatic carbocycles. The Balaban J connectivity index is 1.87. The van der Waals surface area contributed by atoms with Gasteiger partial charge in [0, 0.05) is 5.56 Å². The number of ether oxygens (including phenoxy) is 5. The Bertz CT molecular complexity index is 1270. The fourth-order valence-electron chi connectivity index (χ4n) is 3.74. The molecule has 4 rings (SSSR count). The van der Waals surface area contributed by atoms with E-state index in [0.29, 0.717) is 51.5 Å². The largest absolute Gasteiger partial charge is 0.495 e. The van der Waals surface area contributed by atoms with Crippen LogP contribution in [0.25, 0.3) is 10.2 Å². The Morgan fingerprint density at radius 3 is 1.97 bits per heavy atom. The second-order valence-corrected chi connectivity index (χ2v) is 8.41. The predicted octanol–water partition coefficient (Wildman–Crippen LogP) is 5.19. The molecule has 8 nitrogen and oxygen atoms in total. The molecule has 0 aliphatic carbocycles. The van der Waals surface area contributed by atoms with Crippen molar-refractivity contribution in [2.24, 2.45) is 0 Å². The van der Waals surface area contributed by atoms with E-state index in [1.165, 1.54) is 32.7 Å². The zero-order chi connectivity index (χ0) is 24.9. The molecule has 1 aromatic heterocycles. The summed E-state index contributed by atoms with van der Waals surface area (Å²) in [4.78, 5) is 20.4. The monoisotopic (exact) mass is 494 g/mol. The topological polar surface area (TPSA) is 79.4 Å². The normalized spacial score (nSPS) is 10.7. The third kappa shape index (κ3) is 4.67. The summed E-state index contributed by atoms with van der Waals surface area (Å²) >= 11 is 1.36. The Morgan fingerprint density at radius 2 is 1.40 bits per heavy atom. The van der Waals surface area contributed by atoms with Crippen molar-refractivity contribution in [2.75, 3.05) is 40.4 Å². The van der Waals surface area contributed by atoms with Gasteiger partial charge in [0.05, 0.1) is 42.1 Å². The van der Waals surface area contributed by atoms with Gasteiger partial charge in [-0.15, -0.1) is 0 Å². The molecule has 0 saturated carbocycles. The van der Waals surface area contributed by atoms with Crippen LogP contribution in [0.15, 0.2) is 54.6 Å². The van der Waals surface area contributed by atoms with Crippen LogP contribution in [0.3, 0.4) is 0 Å². The molecule has 0 saturated heterocycles. The lowest BCUT2D eigenvalue weighted by atomic mass is 10.1. The van der Waals surface area contributed by atoms with Crippen molar-refractivity contribution in [3.63, 3.8) is 0 Å². The number of benzene rings is 3. The van der Waals surface area contributed by atoms with Crippen molar-refractivity contribution in [1.82, 2.24) is 4.98 Å². The number of carbonyl (C=O) groups is 1. The summed E-state index contributed by atoms with van der Waals surface area (Å²) in [5.41, 5.74) is 1.95. The predicted molar refractivity (Wildman–Crippen MR) is 136 cm³/mol. The molecule has 0 radical (unpaired) electrons. The first-order valence-corrected chi connectivity index (χ1v) is 11.5. The summed E-state index contributed by atoms with van der Waals surface area (Å²) in [7, 11) is 7.73. The molecular formula is C26H26N2O6S. The highest BCUT2D eigenvalue weighted by Crippen LogP contribution is 2.42. The number of fused-ring (bicyclic) bond motifs is 1. The highest BCUT2D eigenvalue weighted by atomic mass is 32.1. The third-order valence-electron chi connectivity index (χ3n) is 5.47. The van der Waals surface area contributed by atoms with Gasteiger partial charge in [0.25, 0.3) is 5.91 Å². The van der Waals surface area contributed by atoms with Gasteiger partial charge in [-0.05, 0) is 29.8 Å². The fraction of sp³-hybridized carbons (Fsp3) is 0.231. The molecule has 0 N–H and O–H groups in total. The van der Waals surface area contributed by atoms with Crippen LogP contribution in [0.5, 0.6) is 28.7 Å². The van der Waals surface area contributed by atoms with Crippen LogP contribution in [0.4, 0.5) is 5.13 Å². The van der Waals surface area contributed by atoms with Crippen molar-refractivity contribution < 1.29 is 28.5 Å². The van der Waals surface area contributed by atoms with Crippen LogP contribution in [-0.4, -0.2) is 46.4 Å². The average molecular weight is 495 g/mol. The minimum Gasteiger partial charge on any atom is -0.495 e. The number of anilines is 1. The van der Waals surface area contributed by atoms with E-state index in [2.05, 4.69) is 0 Å².